The van der Waals surface area contributed by atoms with Crippen LogP contribution in [-0.2, 0) is 0 Å². The van der Waals surface area contributed by atoms with Crippen LogP contribution in [0.5, 0.6) is 0 Å². The number of hydrazine groups is 1. The van der Waals surface area contributed by atoms with Gasteiger partial charge in [-0.25, -0.2) is 20.8 Å². The van der Waals surface area contributed by atoms with Crippen LogP contribution in [0.15, 0.2) is 36.8 Å². The summed E-state index contributed by atoms with van der Waals surface area (Å²) in [6.45, 7) is 0. The number of carbonyl (C=O) groups excluding carboxylic acids is 1. The van der Waals surface area contributed by atoms with E-state index in [2.05, 4.69) is 25.7 Å². The third-order valence-corrected chi connectivity index (χ3v) is 1.98. The van der Waals surface area contributed by atoms with E-state index in [9.17, 15) is 4.79 Å². The monoisotopic (exact) mass is 230 g/mol. The predicted molar refractivity (Wildman–Crippen MR) is 62.0 cm³/mol. The maximum atomic E-state index is 11.9. The molecule has 0 bridgehead atoms. The number of pyridine rings is 1. The predicted octanol–water partition coefficient (Wildman–Crippen LogP) is 0.409. The summed E-state index contributed by atoms with van der Waals surface area (Å²) in [6.07, 6.45) is 4.60. The minimum Gasteiger partial charge on any atom is -0.308 e. The van der Waals surface area contributed by atoms with Crippen molar-refractivity contribution in [2.24, 2.45) is 5.84 Å². The summed E-state index contributed by atoms with van der Waals surface area (Å²) < 4.78 is 0. The van der Waals surface area contributed by atoms with Crippen LogP contribution in [0.25, 0.3) is 0 Å². The first-order chi connectivity index (χ1) is 8.31. The third-order valence-electron chi connectivity index (χ3n) is 1.98. The van der Waals surface area contributed by atoms with Gasteiger partial charge in [-0.15, -0.1) is 0 Å². The van der Waals surface area contributed by atoms with Crippen LogP contribution in [0.1, 0.15) is 10.4 Å². The topological polar surface area (TPSA) is 106 Å². The first kappa shape index (κ1) is 11.0. The Morgan fingerprint density at radius 1 is 1.12 bits per heavy atom. The average Bonchev–Trinajstić information content (AvgIpc) is 2.40. The molecule has 0 radical (unpaired) electrons. The molecular weight excluding hydrogens is 220 g/mol. The molecule has 1 amide bonds. The SMILES string of the molecule is NNc1ncccc1C(=O)Nc1ncccn1. The molecule has 2 rings (SSSR count). The summed E-state index contributed by atoms with van der Waals surface area (Å²) >= 11 is 0. The lowest BCUT2D eigenvalue weighted by atomic mass is 10.2. The number of nitrogens with two attached hydrogens (primary N) is 1. The quantitative estimate of drug-likeness (QED) is 0.521. The van der Waals surface area contributed by atoms with Crippen LogP contribution < -0.4 is 16.6 Å². The van der Waals surface area contributed by atoms with Gasteiger partial charge in [0, 0.05) is 18.6 Å². The van der Waals surface area contributed by atoms with E-state index in [0.717, 1.165) is 0 Å². The maximum Gasteiger partial charge on any atom is 0.261 e. The van der Waals surface area contributed by atoms with Gasteiger partial charge in [0.1, 0.15) is 0 Å². The van der Waals surface area contributed by atoms with Gasteiger partial charge in [0.05, 0.1) is 5.56 Å². The van der Waals surface area contributed by atoms with E-state index < -0.39 is 0 Å². The number of anilines is 2. The lowest BCUT2D eigenvalue weighted by Gasteiger charge is -2.06. The summed E-state index contributed by atoms with van der Waals surface area (Å²) in [6, 6.07) is 4.90. The fourth-order valence-corrected chi connectivity index (χ4v) is 1.24. The van der Waals surface area contributed by atoms with Crippen molar-refractivity contribution in [2.75, 3.05) is 10.7 Å². The number of hydrogen-bond acceptors (Lipinski definition) is 6. The van der Waals surface area contributed by atoms with Gasteiger partial charge in [-0.2, -0.15) is 0 Å². The lowest BCUT2D eigenvalue weighted by Crippen LogP contribution is -2.19. The highest BCUT2D eigenvalue weighted by Gasteiger charge is 2.12. The largest absolute Gasteiger partial charge is 0.308 e. The highest BCUT2D eigenvalue weighted by atomic mass is 16.1. The van der Waals surface area contributed by atoms with Gasteiger partial charge in [0.25, 0.3) is 5.91 Å². The lowest BCUT2D eigenvalue weighted by molar-refractivity contribution is 0.102. The first-order valence-corrected chi connectivity index (χ1v) is 4.81. The van der Waals surface area contributed by atoms with E-state index >= 15 is 0 Å². The fraction of sp³-hybridized carbons (Fsp3) is 0. The Labute approximate surface area is 97.1 Å². The second kappa shape index (κ2) is 4.99. The van der Waals surface area contributed by atoms with Crippen LogP contribution in [0.4, 0.5) is 11.8 Å². The molecule has 7 nitrogen and oxygen atoms in total. The number of hydrogen-bond donors (Lipinski definition) is 3. The van der Waals surface area contributed by atoms with Crippen LogP contribution in [0.2, 0.25) is 0 Å². The highest BCUT2D eigenvalue weighted by Crippen LogP contribution is 2.11. The minimum atomic E-state index is -0.378. The number of nitrogens with zero attached hydrogens (tertiary/aromatic N) is 3. The molecule has 7 heteroatoms. The molecule has 2 heterocycles. The van der Waals surface area contributed by atoms with E-state index in [1.807, 2.05) is 0 Å². The highest BCUT2D eigenvalue weighted by molar-refractivity contribution is 6.06. The summed E-state index contributed by atoms with van der Waals surface area (Å²) in [7, 11) is 0. The molecule has 86 valence electrons. The van der Waals surface area contributed by atoms with Gasteiger partial charge < -0.3 is 5.43 Å². The van der Waals surface area contributed by atoms with Crippen molar-refractivity contribution in [3.05, 3.63) is 42.4 Å². The molecule has 0 saturated carbocycles. The normalized spacial score (nSPS) is 9.71. The zero-order valence-electron chi connectivity index (χ0n) is 8.79. The van der Waals surface area contributed by atoms with Crippen LogP contribution in [0, 0.1) is 0 Å². The van der Waals surface area contributed by atoms with Gasteiger partial charge in [-0.1, -0.05) is 0 Å². The Morgan fingerprint density at radius 3 is 2.53 bits per heavy atom. The van der Waals surface area contributed by atoms with Crippen molar-refractivity contribution in [1.82, 2.24) is 15.0 Å². The Hall–Kier alpha value is -2.54. The smallest absolute Gasteiger partial charge is 0.261 e. The molecule has 0 atom stereocenters. The number of carbonyl (C=O) groups is 1. The summed E-state index contributed by atoms with van der Waals surface area (Å²) in [4.78, 5) is 23.6. The Bertz CT molecular complexity index is 515. The fourth-order valence-electron chi connectivity index (χ4n) is 1.24. The van der Waals surface area contributed by atoms with Gasteiger partial charge in [0.15, 0.2) is 5.82 Å². The van der Waals surface area contributed by atoms with Gasteiger partial charge in [-0.3, -0.25) is 10.1 Å². The van der Waals surface area contributed by atoms with Crippen molar-refractivity contribution in [2.45, 2.75) is 0 Å². The Balaban J connectivity index is 2.20. The number of aromatic nitrogens is 3. The first-order valence-electron chi connectivity index (χ1n) is 4.81. The maximum absolute atomic E-state index is 11.9. The van der Waals surface area contributed by atoms with Crippen LogP contribution in [0.3, 0.4) is 0 Å². The van der Waals surface area contributed by atoms with Crippen molar-refractivity contribution in [3.63, 3.8) is 0 Å². The van der Waals surface area contributed by atoms with Crippen LogP contribution in [-0.4, -0.2) is 20.9 Å². The van der Waals surface area contributed by atoms with Crippen molar-refractivity contribution < 1.29 is 4.79 Å². The number of nitrogens with one attached hydrogen (secondary N) is 2. The number of nitrogen functional groups attached to an aromatic ring is 1. The Morgan fingerprint density at radius 2 is 1.82 bits per heavy atom. The molecule has 0 fully saturated rings. The average molecular weight is 230 g/mol. The van der Waals surface area contributed by atoms with Gasteiger partial charge in [0.2, 0.25) is 5.95 Å². The molecule has 0 aliphatic heterocycles. The van der Waals surface area contributed by atoms with Crippen molar-refractivity contribution in [3.8, 4) is 0 Å². The Kier molecular flexibility index (Phi) is 3.22. The molecule has 0 unspecified atom stereocenters. The van der Waals surface area contributed by atoms with Crippen molar-refractivity contribution in [1.29, 1.82) is 0 Å². The molecule has 0 aromatic carbocycles. The number of amides is 1. The molecular formula is C10H10N6O. The third kappa shape index (κ3) is 2.52. The van der Waals surface area contributed by atoms with E-state index in [0.29, 0.717) is 11.4 Å². The molecule has 0 aliphatic carbocycles. The molecule has 0 saturated heterocycles. The standard InChI is InChI=1S/C10H10N6O/c11-16-8-7(3-1-4-12-8)9(17)15-10-13-5-2-6-14-10/h1-6H,11H2,(H,12,16)(H,13,14,15,17). The zero-order valence-corrected chi connectivity index (χ0v) is 8.79. The van der Waals surface area contributed by atoms with Crippen LogP contribution >= 0.6 is 0 Å². The molecule has 0 spiro atoms. The van der Waals surface area contributed by atoms with Gasteiger partial charge in [-0.05, 0) is 18.2 Å². The van der Waals surface area contributed by atoms with E-state index in [1.54, 1.807) is 18.2 Å². The van der Waals surface area contributed by atoms with E-state index in [4.69, 9.17) is 5.84 Å². The molecule has 17 heavy (non-hydrogen) atoms. The molecule has 2 aromatic rings. The molecule has 4 N–H and O–H groups in total. The minimum absolute atomic E-state index is 0.226. The summed E-state index contributed by atoms with van der Waals surface area (Å²) in [5.74, 6) is 5.40. The zero-order chi connectivity index (χ0) is 12.1. The van der Waals surface area contributed by atoms with Crippen molar-refractivity contribution >= 4 is 17.7 Å². The van der Waals surface area contributed by atoms with E-state index in [1.165, 1.54) is 18.6 Å². The number of rotatable bonds is 3. The second-order valence-electron chi connectivity index (χ2n) is 3.07. The summed E-state index contributed by atoms with van der Waals surface area (Å²) in [5, 5.41) is 2.54. The summed E-state index contributed by atoms with van der Waals surface area (Å²) in [5.41, 5.74) is 2.67. The molecule has 0 aliphatic rings. The van der Waals surface area contributed by atoms with E-state index in [-0.39, 0.29) is 11.9 Å². The van der Waals surface area contributed by atoms with Gasteiger partial charge >= 0.3 is 0 Å². The molecule has 2 aromatic heterocycles. The second-order valence-corrected chi connectivity index (χ2v) is 3.07.